The number of hydrogen-bond acceptors (Lipinski definition) is 4. The van der Waals surface area contributed by atoms with Crippen LogP contribution in [0.2, 0.25) is 0 Å². The summed E-state index contributed by atoms with van der Waals surface area (Å²) in [6, 6.07) is 19.7. The first-order valence-corrected chi connectivity index (χ1v) is 8.45. The van der Waals surface area contributed by atoms with Gasteiger partial charge in [0.1, 0.15) is 22.9 Å². The van der Waals surface area contributed by atoms with Crippen LogP contribution in [0, 0.1) is 6.92 Å². The maximum atomic E-state index is 6.13. The molecule has 0 fully saturated rings. The van der Waals surface area contributed by atoms with Gasteiger partial charge < -0.3 is 13.6 Å². The minimum Gasteiger partial charge on any atom is -0.497 e. The molecule has 4 rings (SSSR count). The second kappa shape index (κ2) is 6.92. The Balaban J connectivity index is 1.86. The third-order valence-electron chi connectivity index (χ3n) is 4.26. The maximum Gasteiger partial charge on any atom is 0.136 e. The van der Waals surface area contributed by atoms with E-state index in [0.717, 1.165) is 39.2 Å². The summed E-state index contributed by atoms with van der Waals surface area (Å²) in [5.41, 5.74) is 2.95. The molecule has 2 heterocycles. The summed E-state index contributed by atoms with van der Waals surface area (Å²) in [5, 5.41) is 1.88. The average Bonchev–Trinajstić information content (AvgIpc) is 3.20. The highest BCUT2D eigenvalue weighted by atomic mass is 16.5. The van der Waals surface area contributed by atoms with Crippen molar-refractivity contribution in [3.8, 4) is 17.1 Å². The molecule has 4 nitrogen and oxygen atoms in total. The zero-order chi connectivity index (χ0) is 17.9. The van der Waals surface area contributed by atoms with Crippen LogP contribution in [0.1, 0.15) is 11.3 Å². The molecule has 0 radical (unpaired) electrons. The van der Waals surface area contributed by atoms with Gasteiger partial charge in [-0.05, 0) is 55.5 Å². The Morgan fingerprint density at radius 2 is 1.85 bits per heavy atom. The molecule has 0 saturated heterocycles. The molecule has 2 aromatic heterocycles. The lowest BCUT2D eigenvalue weighted by atomic mass is 10.1. The summed E-state index contributed by atoms with van der Waals surface area (Å²) in [5.74, 6) is 2.41. The van der Waals surface area contributed by atoms with E-state index in [-0.39, 0.29) is 0 Å². The lowest BCUT2D eigenvalue weighted by Gasteiger charge is -2.07. The zero-order valence-corrected chi connectivity index (χ0v) is 14.7. The number of benzene rings is 2. The van der Waals surface area contributed by atoms with E-state index in [2.05, 4.69) is 13.0 Å². The topological polar surface area (TPSA) is 47.9 Å². The standard InChI is InChI=1S/C22H19NO3/c1-15-5-10-21-19(12-15)20(23-14-18-4-3-11-25-18)13-22(26-21)16-6-8-17(24-2)9-7-16/h3-13H,14H2,1-2H3. The van der Waals surface area contributed by atoms with Gasteiger partial charge in [-0.3, -0.25) is 4.99 Å². The third-order valence-corrected chi connectivity index (χ3v) is 4.26. The zero-order valence-electron chi connectivity index (χ0n) is 14.7. The number of methoxy groups -OCH3 is 1. The van der Waals surface area contributed by atoms with Gasteiger partial charge in [0.2, 0.25) is 0 Å². The molecular formula is C22H19NO3. The summed E-state index contributed by atoms with van der Waals surface area (Å²) in [4.78, 5) is 4.76. The predicted molar refractivity (Wildman–Crippen MR) is 101 cm³/mol. The minimum atomic E-state index is 0.488. The number of aryl methyl sites for hydroxylation is 1. The molecule has 0 aliphatic heterocycles. The summed E-state index contributed by atoms with van der Waals surface area (Å²) in [6.07, 6.45) is 1.66. The Bertz CT molecular complexity index is 1090. The Kier molecular flexibility index (Phi) is 4.32. The molecule has 0 bridgehead atoms. The molecule has 4 heteroatoms. The molecule has 0 amide bonds. The minimum absolute atomic E-state index is 0.488. The molecule has 0 unspecified atom stereocenters. The molecule has 26 heavy (non-hydrogen) atoms. The van der Waals surface area contributed by atoms with Crippen LogP contribution in [0.25, 0.3) is 22.3 Å². The average molecular weight is 345 g/mol. The Morgan fingerprint density at radius 3 is 2.58 bits per heavy atom. The smallest absolute Gasteiger partial charge is 0.136 e. The number of furan rings is 1. The van der Waals surface area contributed by atoms with Crippen LogP contribution < -0.4 is 10.1 Å². The number of hydrogen-bond donors (Lipinski definition) is 0. The first-order valence-electron chi connectivity index (χ1n) is 8.45. The monoisotopic (exact) mass is 345 g/mol. The van der Waals surface area contributed by atoms with Crippen molar-refractivity contribution in [2.75, 3.05) is 7.11 Å². The van der Waals surface area contributed by atoms with Crippen LogP contribution >= 0.6 is 0 Å². The lowest BCUT2D eigenvalue weighted by Crippen LogP contribution is -2.05. The molecule has 0 saturated carbocycles. The fourth-order valence-corrected chi connectivity index (χ4v) is 2.88. The lowest BCUT2D eigenvalue weighted by molar-refractivity contribution is 0.415. The van der Waals surface area contributed by atoms with Crippen molar-refractivity contribution in [3.63, 3.8) is 0 Å². The summed E-state index contributed by atoms with van der Waals surface area (Å²) >= 11 is 0. The number of rotatable bonds is 4. The molecule has 0 atom stereocenters. The van der Waals surface area contributed by atoms with E-state index in [1.54, 1.807) is 13.4 Å². The summed E-state index contributed by atoms with van der Waals surface area (Å²) < 4.78 is 16.8. The van der Waals surface area contributed by atoms with Gasteiger partial charge in [0.05, 0.1) is 25.3 Å². The normalized spacial score (nSPS) is 11.8. The van der Waals surface area contributed by atoms with E-state index in [9.17, 15) is 0 Å². The van der Waals surface area contributed by atoms with E-state index in [4.69, 9.17) is 18.6 Å². The fourth-order valence-electron chi connectivity index (χ4n) is 2.88. The molecule has 130 valence electrons. The predicted octanol–water partition coefficient (Wildman–Crippen LogP) is 5.11. The van der Waals surface area contributed by atoms with E-state index in [1.165, 1.54) is 5.56 Å². The number of fused-ring (bicyclic) bond motifs is 1. The van der Waals surface area contributed by atoms with Crippen LogP contribution in [0.5, 0.6) is 5.75 Å². The van der Waals surface area contributed by atoms with Crippen molar-refractivity contribution in [2.45, 2.75) is 13.5 Å². The molecule has 2 aromatic carbocycles. The van der Waals surface area contributed by atoms with E-state index >= 15 is 0 Å². The largest absolute Gasteiger partial charge is 0.497 e. The first-order chi connectivity index (χ1) is 12.7. The van der Waals surface area contributed by atoms with E-state index in [1.807, 2.05) is 54.6 Å². The van der Waals surface area contributed by atoms with Crippen LogP contribution in [0.3, 0.4) is 0 Å². The highest BCUT2D eigenvalue weighted by Crippen LogP contribution is 2.24. The summed E-state index contributed by atoms with van der Waals surface area (Å²) in [6.45, 7) is 2.55. The number of ether oxygens (including phenoxy) is 1. The molecule has 0 N–H and O–H groups in total. The van der Waals surface area contributed by atoms with Crippen molar-refractivity contribution in [1.82, 2.24) is 0 Å². The molecule has 0 aliphatic rings. The highest BCUT2D eigenvalue weighted by molar-refractivity contribution is 5.79. The molecule has 0 aliphatic carbocycles. The van der Waals surface area contributed by atoms with Gasteiger partial charge in [-0.25, -0.2) is 0 Å². The molecular weight excluding hydrogens is 326 g/mol. The van der Waals surface area contributed by atoms with Gasteiger partial charge in [0.25, 0.3) is 0 Å². The van der Waals surface area contributed by atoms with E-state index < -0.39 is 0 Å². The van der Waals surface area contributed by atoms with Crippen molar-refractivity contribution in [1.29, 1.82) is 0 Å². The first kappa shape index (κ1) is 16.2. The SMILES string of the molecule is COc1ccc(-c2cc(=NCc3ccco3)c3cc(C)ccc3o2)cc1. The van der Waals surface area contributed by atoms with Crippen LogP contribution in [0.15, 0.2) is 80.8 Å². The number of nitrogens with zero attached hydrogens (tertiary/aromatic N) is 1. The highest BCUT2D eigenvalue weighted by Gasteiger charge is 2.07. The van der Waals surface area contributed by atoms with Gasteiger partial charge in [-0.15, -0.1) is 0 Å². The Labute approximate surface area is 151 Å². The maximum absolute atomic E-state index is 6.13. The van der Waals surface area contributed by atoms with Gasteiger partial charge in [-0.1, -0.05) is 11.6 Å². The second-order valence-electron chi connectivity index (χ2n) is 6.12. The molecule has 0 spiro atoms. The Hall–Kier alpha value is -3.27. The quantitative estimate of drug-likeness (QED) is 0.516. The van der Waals surface area contributed by atoms with Gasteiger partial charge >= 0.3 is 0 Å². The van der Waals surface area contributed by atoms with Gasteiger partial charge in [0.15, 0.2) is 0 Å². The van der Waals surface area contributed by atoms with Crippen molar-refractivity contribution in [2.24, 2.45) is 4.99 Å². The van der Waals surface area contributed by atoms with Crippen LogP contribution in [-0.2, 0) is 6.54 Å². The Morgan fingerprint density at radius 1 is 1.00 bits per heavy atom. The fraction of sp³-hybridized carbons (Fsp3) is 0.136. The van der Waals surface area contributed by atoms with Gasteiger partial charge in [0, 0.05) is 17.0 Å². The van der Waals surface area contributed by atoms with Crippen molar-refractivity contribution >= 4 is 11.0 Å². The van der Waals surface area contributed by atoms with E-state index in [0.29, 0.717) is 6.54 Å². The molecule has 4 aromatic rings. The van der Waals surface area contributed by atoms with Crippen LogP contribution in [0.4, 0.5) is 0 Å². The van der Waals surface area contributed by atoms with Crippen molar-refractivity contribution < 1.29 is 13.6 Å². The summed E-state index contributed by atoms with van der Waals surface area (Å²) in [7, 11) is 1.66. The second-order valence-corrected chi connectivity index (χ2v) is 6.12. The van der Waals surface area contributed by atoms with Gasteiger partial charge in [-0.2, -0.15) is 0 Å². The van der Waals surface area contributed by atoms with Crippen molar-refractivity contribution in [3.05, 3.63) is 83.6 Å². The van der Waals surface area contributed by atoms with Crippen LogP contribution in [-0.4, -0.2) is 7.11 Å². The third kappa shape index (κ3) is 3.26.